The molecule has 3 atom stereocenters. The third-order valence-electron chi connectivity index (χ3n) is 6.44. The number of hydrogen-bond acceptors (Lipinski definition) is 6. The summed E-state index contributed by atoms with van der Waals surface area (Å²) in [6.45, 7) is 9.68. The van der Waals surface area contributed by atoms with Crippen molar-refractivity contribution in [3.05, 3.63) is 30.0 Å². The van der Waals surface area contributed by atoms with E-state index in [4.69, 9.17) is 9.47 Å². The number of esters is 1. The maximum absolute atomic E-state index is 13.4. The molecule has 0 bridgehead atoms. The molecule has 202 valence electrons. The molecule has 10 nitrogen and oxygen atoms in total. The van der Waals surface area contributed by atoms with Gasteiger partial charge in [0, 0.05) is 22.4 Å². The Balaban J connectivity index is 1.80. The highest BCUT2D eigenvalue weighted by molar-refractivity contribution is 6.01. The van der Waals surface area contributed by atoms with Gasteiger partial charge in [-0.05, 0) is 56.7 Å². The van der Waals surface area contributed by atoms with Gasteiger partial charge in [-0.3, -0.25) is 14.4 Å². The highest BCUT2D eigenvalue weighted by atomic mass is 16.5. The molecule has 2 heterocycles. The van der Waals surface area contributed by atoms with E-state index in [9.17, 15) is 19.2 Å². The van der Waals surface area contributed by atoms with Gasteiger partial charge in [0.25, 0.3) is 5.91 Å². The van der Waals surface area contributed by atoms with Crippen LogP contribution in [-0.4, -0.2) is 60.5 Å². The fourth-order valence-electron chi connectivity index (χ4n) is 4.78. The van der Waals surface area contributed by atoms with Crippen LogP contribution in [0.4, 0.5) is 0 Å². The molecule has 1 aliphatic heterocycles. The zero-order chi connectivity index (χ0) is 27.5. The number of H-pyrrole nitrogens is 1. The predicted octanol–water partition coefficient (Wildman–Crippen LogP) is 2.67. The van der Waals surface area contributed by atoms with Crippen LogP contribution >= 0.6 is 0 Å². The number of methoxy groups -OCH3 is 2. The Morgan fingerprint density at radius 1 is 1.14 bits per heavy atom. The standard InChI is InChI=1S/C27H38N4O6/c1-26(2,3)14-20(30-23(33)18-12-16-17(28-18)9-8-10-21(16)36-6)24(34)29-19(25(35)37-7)11-15-13-27(4,5)31-22(15)32/h8-10,12,15,19-20,28H,11,13-14H2,1-7H3,(H,29,34)(H,30,33)(H,31,32)/t15-,19?,20+/m1/s1. The Hall–Kier alpha value is -3.56. The van der Waals surface area contributed by atoms with Crippen molar-refractivity contribution in [2.45, 2.75) is 71.5 Å². The number of ether oxygens (including phenoxy) is 2. The lowest BCUT2D eigenvalue weighted by atomic mass is 9.87. The van der Waals surface area contributed by atoms with Gasteiger partial charge in [0.15, 0.2) is 0 Å². The Kier molecular flexibility index (Phi) is 8.19. The van der Waals surface area contributed by atoms with Gasteiger partial charge in [-0.2, -0.15) is 0 Å². The molecule has 3 amide bonds. The lowest BCUT2D eigenvalue weighted by Crippen LogP contribution is -2.53. The van der Waals surface area contributed by atoms with E-state index in [1.807, 2.05) is 46.8 Å². The fourth-order valence-corrected chi connectivity index (χ4v) is 4.78. The van der Waals surface area contributed by atoms with E-state index < -0.39 is 41.3 Å². The minimum atomic E-state index is -1.03. The second kappa shape index (κ2) is 10.8. The van der Waals surface area contributed by atoms with Gasteiger partial charge in [-0.25, -0.2) is 4.79 Å². The summed E-state index contributed by atoms with van der Waals surface area (Å²) < 4.78 is 10.3. The zero-order valence-electron chi connectivity index (χ0n) is 22.6. The van der Waals surface area contributed by atoms with Crippen LogP contribution in [0.5, 0.6) is 5.75 Å². The molecule has 0 aliphatic carbocycles. The van der Waals surface area contributed by atoms with Gasteiger partial charge in [0.1, 0.15) is 23.5 Å². The van der Waals surface area contributed by atoms with Crippen LogP contribution < -0.4 is 20.7 Å². The second-order valence-electron chi connectivity index (χ2n) is 11.5. The molecule has 3 rings (SSSR count). The molecular weight excluding hydrogens is 476 g/mol. The second-order valence-corrected chi connectivity index (χ2v) is 11.5. The molecular formula is C27H38N4O6. The first-order valence-electron chi connectivity index (χ1n) is 12.4. The first-order chi connectivity index (χ1) is 17.2. The van der Waals surface area contributed by atoms with Crippen molar-refractivity contribution in [2.24, 2.45) is 11.3 Å². The summed E-state index contributed by atoms with van der Waals surface area (Å²) >= 11 is 0. The Bertz CT molecular complexity index is 1180. The maximum Gasteiger partial charge on any atom is 0.328 e. The summed E-state index contributed by atoms with van der Waals surface area (Å²) in [4.78, 5) is 54.6. The molecule has 1 unspecified atom stereocenters. The molecule has 2 aromatic rings. The number of benzene rings is 1. The fraction of sp³-hybridized carbons (Fsp3) is 0.556. The Morgan fingerprint density at radius 3 is 2.41 bits per heavy atom. The van der Waals surface area contributed by atoms with E-state index in [1.54, 1.807) is 19.2 Å². The van der Waals surface area contributed by atoms with Crippen LogP contribution in [0.15, 0.2) is 24.3 Å². The predicted molar refractivity (Wildman–Crippen MR) is 139 cm³/mol. The van der Waals surface area contributed by atoms with Crippen LogP contribution in [0, 0.1) is 11.3 Å². The number of carbonyl (C=O) groups is 4. The number of hydrogen-bond donors (Lipinski definition) is 4. The number of aromatic nitrogens is 1. The van der Waals surface area contributed by atoms with Gasteiger partial charge in [0.2, 0.25) is 11.8 Å². The van der Waals surface area contributed by atoms with Crippen molar-refractivity contribution in [1.29, 1.82) is 0 Å². The van der Waals surface area contributed by atoms with Crippen molar-refractivity contribution in [3.8, 4) is 5.75 Å². The van der Waals surface area contributed by atoms with E-state index >= 15 is 0 Å². The Morgan fingerprint density at radius 2 is 1.84 bits per heavy atom. The molecule has 1 aliphatic rings. The van der Waals surface area contributed by atoms with Crippen molar-refractivity contribution >= 4 is 34.6 Å². The van der Waals surface area contributed by atoms with E-state index in [0.29, 0.717) is 18.6 Å². The van der Waals surface area contributed by atoms with Crippen LogP contribution in [0.2, 0.25) is 0 Å². The molecule has 10 heteroatoms. The van der Waals surface area contributed by atoms with Crippen LogP contribution in [0.3, 0.4) is 0 Å². The quantitative estimate of drug-likeness (QED) is 0.380. The molecule has 1 aromatic carbocycles. The van der Waals surface area contributed by atoms with Gasteiger partial charge in [-0.1, -0.05) is 26.8 Å². The van der Waals surface area contributed by atoms with E-state index in [1.165, 1.54) is 7.11 Å². The smallest absolute Gasteiger partial charge is 0.328 e. The zero-order valence-corrected chi connectivity index (χ0v) is 22.6. The highest BCUT2D eigenvalue weighted by Gasteiger charge is 2.40. The summed E-state index contributed by atoms with van der Waals surface area (Å²) in [5.41, 5.74) is 0.303. The van der Waals surface area contributed by atoms with Crippen molar-refractivity contribution < 1.29 is 28.7 Å². The number of fused-ring (bicyclic) bond motifs is 1. The third kappa shape index (κ3) is 7.02. The summed E-state index contributed by atoms with van der Waals surface area (Å²) in [5, 5.41) is 9.19. The van der Waals surface area contributed by atoms with Crippen LogP contribution in [0.1, 0.15) is 64.4 Å². The summed E-state index contributed by atoms with van der Waals surface area (Å²) in [6.07, 6.45) is 0.950. The highest BCUT2D eigenvalue weighted by Crippen LogP contribution is 2.29. The maximum atomic E-state index is 13.4. The average Bonchev–Trinajstić information content (AvgIpc) is 3.36. The molecule has 0 saturated carbocycles. The monoisotopic (exact) mass is 514 g/mol. The summed E-state index contributed by atoms with van der Waals surface area (Å²) in [5.74, 6) is -1.62. The molecule has 37 heavy (non-hydrogen) atoms. The number of carbonyl (C=O) groups excluding carboxylic acids is 4. The SMILES string of the molecule is COC(=O)C(C[C@@H]1CC(C)(C)NC1=O)NC(=O)[C@H](CC(C)(C)C)NC(=O)c1cc2c(OC)cccc2[nH]1. The molecule has 0 spiro atoms. The molecule has 4 N–H and O–H groups in total. The average molecular weight is 515 g/mol. The van der Waals surface area contributed by atoms with Crippen LogP contribution in [0.25, 0.3) is 10.9 Å². The minimum absolute atomic E-state index is 0.103. The Labute approximate surface area is 217 Å². The molecule has 0 radical (unpaired) electrons. The third-order valence-corrected chi connectivity index (χ3v) is 6.44. The molecule has 1 fully saturated rings. The van der Waals surface area contributed by atoms with Crippen molar-refractivity contribution in [1.82, 2.24) is 20.9 Å². The van der Waals surface area contributed by atoms with Crippen molar-refractivity contribution in [2.75, 3.05) is 14.2 Å². The summed E-state index contributed by atoms with van der Waals surface area (Å²) in [7, 11) is 2.79. The lowest BCUT2D eigenvalue weighted by Gasteiger charge is -2.28. The van der Waals surface area contributed by atoms with E-state index in [0.717, 1.165) is 10.9 Å². The first-order valence-corrected chi connectivity index (χ1v) is 12.4. The topological polar surface area (TPSA) is 139 Å². The van der Waals surface area contributed by atoms with Gasteiger partial charge in [-0.15, -0.1) is 0 Å². The van der Waals surface area contributed by atoms with Gasteiger partial charge in [0.05, 0.1) is 14.2 Å². The largest absolute Gasteiger partial charge is 0.496 e. The molecule has 1 saturated heterocycles. The summed E-state index contributed by atoms with van der Waals surface area (Å²) in [6, 6.07) is 5.16. The lowest BCUT2D eigenvalue weighted by molar-refractivity contribution is -0.146. The normalized spacial score (nSPS) is 18.6. The van der Waals surface area contributed by atoms with E-state index in [2.05, 4.69) is 20.9 Å². The first kappa shape index (κ1) is 28.0. The minimum Gasteiger partial charge on any atom is -0.496 e. The van der Waals surface area contributed by atoms with Crippen LogP contribution in [-0.2, 0) is 19.1 Å². The van der Waals surface area contributed by atoms with Crippen molar-refractivity contribution in [3.63, 3.8) is 0 Å². The number of rotatable bonds is 9. The number of nitrogens with one attached hydrogen (secondary N) is 4. The molecule has 1 aromatic heterocycles. The number of aromatic amines is 1. The van der Waals surface area contributed by atoms with Gasteiger partial charge < -0.3 is 30.4 Å². The number of amides is 3. The van der Waals surface area contributed by atoms with E-state index in [-0.39, 0.29) is 23.4 Å². The van der Waals surface area contributed by atoms with Gasteiger partial charge >= 0.3 is 5.97 Å².